The van der Waals surface area contributed by atoms with E-state index in [1.54, 1.807) is 37.3 Å². The Balaban J connectivity index is 2.29. The number of esters is 1. The second-order valence-electron chi connectivity index (χ2n) is 6.88. The van der Waals surface area contributed by atoms with Gasteiger partial charge in [-0.25, -0.2) is 4.79 Å². The summed E-state index contributed by atoms with van der Waals surface area (Å²) in [5.74, 6) is -2.60. The number of aliphatic carboxylic acids is 1. The highest BCUT2D eigenvalue weighted by Crippen LogP contribution is 2.33. The van der Waals surface area contributed by atoms with Crippen LogP contribution >= 0.6 is 0 Å². The molecule has 0 amide bonds. The SMILES string of the molecule is CCOC(=O)COc1ccc(C(=O)C(CC(C)=O)(Cc2ccccc2)C(=O)O)cc1. The molecule has 0 fully saturated rings. The van der Waals surface area contributed by atoms with E-state index in [0.29, 0.717) is 11.3 Å². The highest BCUT2D eigenvalue weighted by Gasteiger charge is 2.47. The predicted molar refractivity (Wildman–Crippen MR) is 108 cm³/mol. The van der Waals surface area contributed by atoms with E-state index in [2.05, 4.69) is 0 Å². The number of Topliss-reactive ketones (excluding diaryl/α,β-unsaturated/α-hetero) is 2. The lowest BCUT2D eigenvalue weighted by atomic mass is 9.72. The van der Waals surface area contributed by atoms with Gasteiger partial charge in [-0.3, -0.25) is 14.4 Å². The number of carbonyl (C=O) groups excluding carboxylic acids is 3. The molecule has 0 aliphatic heterocycles. The molecule has 0 aliphatic carbocycles. The molecule has 1 unspecified atom stereocenters. The third-order valence-electron chi connectivity index (χ3n) is 4.52. The fourth-order valence-electron chi connectivity index (χ4n) is 3.16. The Labute approximate surface area is 174 Å². The Bertz CT molecular complexity index is 903. The molecule has 2 aromatic rings. The second-order valence-corrected chi connectivity index (χ2v) is 6.88. The van der Waals surface area contributed by atoms with Crippen LogP contribution in [0.15, 0.2) is 54.6 Å². The minimum Gasteiger partial charge on any atom is -0.482 e. The smallest absolute Gasteiger partial charge is 0.344 e. The van der Waals surface area contributed by atoms with E-state index >= 15 is 0 Å². The molecule has 0 saturated carbocycles. The minimum absolute atomic E-state index is 0.108. The average Bonchev–Trinajstić information content (AvgIpc) is 2.72. The molecule has 0 saturated heterocycles. The molecule has 7 nitrogen and oxygen atoms in total. The molecular formula is C23H24O7. The third-order valence-corrected chi connectivity index (χ3v) is 4.52. The summed E-state index contributed by atoms with van der Waals surface area (Å²) < 4.78 is 10.1. The number of ketones is 2. The van der Waals surface area contributed by atoms with Crippen LogP contribution in [0.1, 0.15) is 36.2 Å². The summed E-state index contributed by atoms with van der Waals surface area (Å²) in [6, 6.07) is 14.5. The summed E-state index contributed by atoms with van der Waals surface area (Å²) in [6.07, 6.45) is -0.528. The molecule has 1 atom stereocenters. The normalized spacial score (nSPS) is 12.5. The van der Waals surface area contributed by atoms with Crippen LogP contribution in [0.4, 0.5) is 0 Å². The number of benzene rings is 2. The van der Waals surface area contributed by atoms with E-state index < -0.39 is 35.3 Å². The number of rotatable bonds is 11. The number of hydrogen-bond donors (Lipinski definition) is 1. The van der Waals surface area contributed by atoms with Crippen molar-refractivity contribution in [2.45, 2.75) is 26.7 Å². The maximum Gasteiger partial charge on any atom is 0.344 e. The van der Waals surface area contributed by atoms with Gasteiger partial charge in [-0.15, -0.1) is 0 Å². The Morgan fingerprint density at radius 3 is 2.13 bits per heavy atom. The first-order valence-electron chi connectivity index (χ1n) is 9.48. The molecule has 7 heteroatoms. The lowest BCUT2D eigenvalue weighted by molar-refractivity contribution is -0.148. The third kappa shape index (κ3) is 5.76. The summed E-state index contributed by atoms with van der Waals surface area (Å²) >= 11 is 0. The standard InChI is InChI=1S/C23H24O7/c1-3-29-20(25)15-30-19-11-9-18(10-12-19)21(26)23(22(27)28,13-16(2)24)14-17-7-5-4-6-8-17/h4-12H,3,13-15H2,1-2H3,(H,27,28). The van der Waals surface area contributed by atoms with Crippen molar-refractivity contribution in [3.05, 3.63) is 65.7 Å². The van der Waals surface area contributed by atoms with Gasteiger partial charge >= 0.3 is 11.9 Å². The van der Waals surface area contributed by atoms with E-state index in [0.717, 1.165) is 0 Å². The van der Waals surface area contributed by atoms with Crippen molar-refractivity contribution < 1.29 is 33.8 Å². The minimum atomic E-state index is -1.92. The van der Waals surface area contributed by atoms with Crippen LogP contribution in [-0.2, 0) is 25.5 Å². The lowest BCUT2D eigenvalue weighted by Crippen LogP contribution is -2.43. The van der Waals surface area contributed by atoms with Gasteiger partial charge in [0.15, 0.2) is 12.4 Å². The van der Waals surface area contributed by atoms with Crippen molar-refractivity contribution in [2.75, 3.05) is 13.2 Å². The molecule has 0 spiro atoms. The highest BCUT2D eigenvalue weighted by atomic mass is 16.6. The van der Waals surface area contributed by atoms with Crippen molar-refractivity contribution in [1.29, 1.82) is 0 Å². The quantitative estimate of drug-likeness (QED) is 0.343. The zero-order valence-electron chi connectivity index (χ0n) is 16.9. The van der Waals surface area contributed by atoms with Gasteiger partial charge in [0.05, 0.1) is 6.61 Å². The molecule has 2 rings (SSSR count). The Morgan fingerprint density at radius 2 is 1.60 bits per heavy atom. The predicted octanol–water partition coefficient (Wildman–Crippen LogP) is 3.10. The Morgan fingerprint density at radius 1 is 0.967 bits per heavy atom. The second kappa shape index (κ2) is 10.3. The summed E-state index contributed by atoms with van der Waals surface area (Å²) in [5, 5.41) is 9.97. The summed E-state index contributed by atoms with van der Waals surface area (Å²) in [7, 11) is 0. The van der Waals surface area contributed by atoms with Crippen molar-refractivity contribution in [1.82, 2.24) is 0 Å². The molecule has 0 aromatic heterocycles. The fourth-order valence-corrected chi connectivity index (χ4v) is 3.16. The monoisotopic (exact) mass is 412 g/mol. The van der Waals surface area contributed by atoms with Gasteiger partial charge in [-0.1, -0.05) is 30.3 Å². The van der Waals surface area contributed by atoms with Gasteiger partial charge in [-0.05, 0) is 50.1 Å². The van der Waals surface area contributed by atoms with Crippen LogP contribution in [0.3, 0.4) is 0 Å². The van der Waals surface area contributed by atoms with Crippen LogP contribution in [0.2, 0.25) is 0 Å². The number of carboxylic acid groups (broad SMARTS) is 1. The molecule has 0 heterocycles. The summed E-state index contributed by atoms with van der Waals surface area (Å²) in [6.45, 7) is 2.91. The van der Waals surface area contributed by atoms with Crippen LogP contribution in [0.5, 0.6) is 5.75 Å². The zero-order valence-corrected chi connectivity index (χ0v) is 16.9. The van der Waals surface area contributed by atoms with Crippen molar-refractivity contribution in [2.24, 2.45) is 5.41 Å². The van der Waals surface area contributed by atoms with Crippen molar-refractivity contribution in [3.63, 3.8) is 0 Å². The first-order chi connectivity index (χ1) is 14.3. The first kappa shape index (κ1) is 22.8. The number of carbonyl (C=O) groups is 4. The number of ether oxygens (including phenoxy) is 2. The Kier molecular flexibility index (Phi) is 7.86. The molecule has 158 valence electrons. The molecule has 2 aromatic carbocycles. The topological polar surface area (TPSA) is 107 Å². The van der Waals surface area contributed by atoms with Gasteiger partial charge in [0.25, 0.3) is 0 Å². The molecule has 1 N–H and O–H groups in total. The van der Waals surface area contributed by atoms with Crippen molar-refractivity contribution >= 4 is 23.5 Å². The van der Waals surface area contributed by atoms with Gasteiger partial charge in [0.2, 0.25) is 0 Å². The molecule has 0 bridgehead atoms. The first-order valence-corrected chi connectivity index (χ1v) is 9.48. The van der Waals surface area contributed by atoms with Crippen LogP contribution in [-0.4, -0.2) is 41.8 Å². The molecular weight excluding hydrogens is 388 g/mol. The van der Waals surface area contributed by atoms with Crippen LogP contribution in [0.25, 0.3) is 0 Å². The summed E-state index contributed by atoms with van der Waals surface area (Å²) in [5.41, 5.74) is -1.14. The van der Waals surface area contributed by atoms with Gasteiger partial charge < -0.3 is 14.6 Å². The van der Waals surface area contributed by atoms with Gasteiger partial charge in [-0.2, -0.15) is 0 Å². The fraction of sp³-hybridized carbons (Fsp3) is 0.304. The maximum atomic E-state index is 13.3. The van der Waals surface area contributed by atoms with E-state index in [4.69, 9.17) is 9.47 Å². The molecule has 0 radical (unpaired) electrons. The number of hydrogen-bond acceptors (Lipinski definition) is 6. The molecule has 0 aliphatic rings. The van der Waals surface area contributed by atoms with Crippen molar-refractivity contribution in [3.8, 4) is 5.75 Å². The van der Waals surface area contributed by atoms with E-state index in [-0.39, 0.29) is 25.2 Å². The highest BCUT2D eigenvalue weighted by molar-refractivity contribution is 6.14. The Hall–Kier alpha value is -3.48. The van der Waals surface area contributed by atoms with E-state index in [1.165, 1.54) is 31.2 Å². The summed E-state index contributed by atoms with van der Waals surface area (Å²) in [4.78, 5) is 48.7. The lowest BCUT2D eigenvalue weighted by Gasteiger charge is -2.27. The van der Waals surface area contributed by atoms with E-state index in [1.807, 2.05) is 0 Å². The largest absolute Gasteiger partial charge is 0.482 e. The molecule has 30 heavy (non-hydrogen) atoms. The number of carboxylic acids is 1. The van der Waals surface area contributed by atoms with Crippen LogP contribution < -0.4 is 4.74 Å². The van der Waals surface area contributed by atoms with E-state index in [9.17, 15) is 24.3 Å². The maximum absolute atomic E-state index is 13.3. The zero-order chi connectivity index (χ0) is 22.1. The average molecular weight is 412 g/mol. The van der Waals surface area contributed by atoms with Crippen LogP contribution in [0, 0.1) is 5.41 Å². The van der Waals surface area contributed by atoms with Gasteiger partial charge in [0, 0.05) is 12.0 Å². The van der Waals surface area contributed by atoms with Gasteiger partial charge in [0.1, 0.15) is 16.9 Å².